The molecule has 2 heterocycles. The number of nitrogens with zero attached hydrogens (tertiary/aromatic N) is 1. The number of phenolic OH excluding ortho intramolecular Hbond substituents is 1. The fraction of sp³-hybridized carbons (Fsp3) is 0.250. The van der Waals surface area contributed by atoms with Crippen LogP contribution in [0.2, 0.25) is 0 Å². The van der Waals surface area contributed by atoms with Crippen molar-refractivity contribution in [2.45, 2.75) is 19.3 Å². The summed E-state index contributed by atoms with van der Waals surface area (Å²) in [5.41, 5.74) is 1.90. The molecule has 3 aromatic carbocycles. The van der Waals surface area contributed by atoms with Crippen molar-refractivity contribution >= 4 is 27.2 Å². The number of ketones is 1. The molecule has 0 aliphatic carbocycles. The molecule has 34 heavy (non-hydrogen) atoms. The summed E-state index contributed by atoms with van der Waals surface area (Å²) < 4.78 is 20.5. The zero-order chi connectivity index (χ0) is 23.5. The van der Waals surface area contributed by atoms with E-state index in [0.717, 1.165) is 41.2 Å². The molecule has 6 heteroatoms. The number of aromatic hydroxyl groups is 1. The summed E-state index contributed by atoms with van der Waals surface area (Å²) in [6.45, 7) is 3.81. The molecule has 5 rings (SSSR count). The van der Waals surface area contributed by atoms with Crippen molar-refractivity contribution in [2.24, 2.45) is 0 Å². The second kappa shape index (κ2) is 9.95. The van der Waals surface area contributed by atoms with E-state index in [1.54, 1.807) is 42.5 Å². The minimum absolute atomic E-state index is 0.124. The summed E-state index contributed by atoms with van der Waals surface area (Å²) in [6.07, 6.45) is 3.83. The minimum atomic E-state index is -0.337. The number of benzene rings is 3. The van der Waals surface area contributed by atoms with E-state index in [-0.39, 0.29) is 17.3 Å². The first-order valence-electron chi connectivity index (χ1n) is 11.6. The van der Waals surface area contributed by atoms with Gasteiger partial charge in [0.15, 0.2) is 5.78 Å². The molecule has 0 amide bonds. The molecule has 1 fully saturated rings. The minimum Gasteiger partial charge on any atom is -0.508 e. The van der Waals surface area contributed by atoms with E-state index < -0.39 is 0 Å². The number of phenols is 1. The zero-order valence-corrected chi connectivity index (χ0v) is 19.6. The van der Waals surface area contributed by atoms with Gasteiger partial charge >= 0.3 is 0 Å². The standard InChI is InChI=1S/C28H26FNO3S/c29-21-8-13-24-25(18-21)34-28(20-4-9-22(31)10-5-20)26(24)27(32)19-6-11-23(12-7-19)33-17-16-30-14-2-1-3-15-30/h4-13,18,31H,1-3,14-17H2/i29-1. The first-order chi connectivity index (χ1) is 16.6. The van der Waals surface area contributed by atoms with Crippen LogP contribution in [0.3, 0.4) is 0 Å². The third kappa shape index (κ3) is 4.83. The summed E-state index contributed by atoms with van der Waals surface area (Å²) in [5, 5.41) is 10.4. The number of rotatable bonds is 7. The van der Waals surface area contributed by atoms with Gasteiger partial charge < -0.3 is 9.84 Å². The Kier molecular flexibility index (Phi) is 6.61. The molecule has 4 aromatic rings. The second-order valence-electron chi connectivity index (χ2n) is 8.60. The van der Waals surface area contributed by atoms with Gasteiger partial charge in [-0.3, -0.25) is 9.69 Å². The maximum atomic E-state index is 13.9. The Balaban J connectivity index is 1.39. The lowest BCUT2D eigenvalue weighted by Crippen LogP contribution is -2.33. The van der Waals surface area contributed by atoms with Crippen LogP contribution in [0, 0.1) is 5.82 Å². The van der Waals surface area contributed by atoms with Crippen LogP contribution in [-0.2, 0) is 0 Å². The van der Waals surface area contributed by atoms with Crippen molar-refractivity contribution < 1.29 is 19.0 Å². The number of carbonyl (C=O) groups excluding carboxylic acids is 1. The number of likely N-dealkylation sites (tertiary alicyclic amines) is 1. The van der Waals surface area contributed by atoms with E-state index >= 15 is 0 Å². The van der Waals surface area contributed by atoms with Crippen LogP contribution in [0.4, 0.5) is 4.39 Å². The number of piperidine rings is 1. The van der Waals surface area contributed by atoms with Gasteiger partial charge in [-0.15, -0.1) is 11.3 Å². The molecule has 0 spiro atoms. The number of hydrogen-bond acceptors (Lipinski definition) is 5. The zero-order valence-electron chi connectivity index (χ0n) is 18.8. The topological polar surface area (TPSA) is 49.8 Å². The second-order valence-corrected chi connectivity index (χ2v) is 9.65. The van der Waals surface area contributed by atoms with Gasteiger partial charge in [0.2, 0.25) is 0 Å². The molecular formula is C28H26FNO3S. The van der Waals surface area contributed by atoms with Gasteiger partial charge in [-0.2, -0.15) is 0 Å². The number of ether oxygens (including phenoxy) is 1. The first-order valence-corrected chi connectivity index (χ1v) is 12.4. The third-order valence-electron chi connectivity index (χ3n) is 6.25. The Morgan fingerprint density at radius 3 is 2.44 bits per heavy atom. The van der Waals surface area contributed by atoms with Crippen LogP contribution in [0.15, 0.2) is 66.7 Å². The predicted octanol–water partition coefficient (Wildman–Crippen LogP) is 6.51. The van der Waals surface area contributed by atoms with Gasteiger partial charge in [0.25, 0.3) is 0 Å². The molecular weight excluding hydrogens is 448 g/mol. The maximum Gasteiger partial charge on any atom is 0.195 e. The van der Waals surface area contributed by atoms with Crippen LogP contribution in [0.5, 0.6) is 11.5 Å². The van der Waals surface area contributed by atoms with Crippen LogP contribution >= 0.6 is 11.3 Å². The largest absolute Gasteiger partial charge is 0.508 e. The lowest BCUT2D eigenvalue weighted by Gasteiger charge is -2.26. The molecule has 1 aliphatic rings. The highest BCUT2D eigenvalue weighted by molar-refractivity contribution is 7.22. The van der Waals surface area contributed by atoms with E-state index in [2.05, 4.69) is 4.90 Å². The molecule has 0 bridgehead atoms. The Morgan fingerprint density at radius 1 is 0.971 bits per heavy atom. The van der Waals surface area contributed by atoms with Crippen LogP contribution in [0.1, 0.15) is 35.2 Å². The lowest BCUT2D eigenvalue weighted by atomic mass is 9.97. The van der Waals surface area contributed by atoms with Crippen molar-refractivity contribution in [3.05, 3.63) is 83.7 Å². The average Bonchev–Trinajstić information content (AvgIpc) is 3.23. The number of hydrogen-bond donors (Lipinski definition) is 1. The number of fused-ring (bicyclic) bond motifs is 1. The molecule has 1 aliphatic heterocycles. The fourth-order valence-electron chi connectivity index (χ4n) is 4.43. The van der Waals surface area contributed by atoms with Crippen molar-refractivity contribution in [1.29, 1.82) is 0 Å². The van der Waals surface area contributed by atoms with Gasteiger partial charge in [0.05, 0.1) is 0 Å². The molecule has 0 unspecified atom stereocenters. The molecule has 0 saturated carbocycles. The fourth-order valence-corrected chi connectivity index (χ4v) is 5.66. The molecule has 1 N–H and O–H groups in total. The van der Waals surface area contributed by atoms with Crippen molar-refractivity contribution in [2.75, 3.05) is 26.2 Å². The first kappa shape index (κ1) is 22.6. The molecule has 174 valence electrons. The smallest absolute Gasteiger partial charge is 0.195 e. The highest BCUT2D eigenvalue weighted by atomic mass is 32.1. The maximum absolute atomic E-state index is 13.9. The van der Waals surface area contributed by atoms with Crippen LogP contribution in [-0.4, -0.2) is 42.0 Å². The Labute approximate surface area is 202 Å². The number of thiophene rings is 1. The highest BCUT2D eigenvalue weighted by Gasteiger charge is 2.22. The van der Waals surface area contributed by atoms with Gasteiger partial charge in [-0.1, -0.05) is 6.42 Å². The van der Waals surface area contributed by atoms with Gasteiger partial charge in [0.1, 0.15) is 23.9 Å². The van der Waals surface area contributed by atoms with Crippen LogP contribution in [0.25, 0.3) is 20.5 Å². The number of carbonyl (C=O) groups is 1. The van der Waals surface area contributed by atoms with Crippen LogP contribution < -0.4 is 4.74 Å². The van der Waals surface area contributed by atoms with E-state index in [0.29, 0.717) is 22.4 Å². The van der Waals surface area contributed by atoms with Gasteiger partial charge in [-0.05, 0) is 98.2 Å². The quantitative estimate of drug-likeness (QED) is 0.310. The molecule has 4 nitrogen and oxygen atoms in total. The normalized spacial score (nSPS) is 14.4. The van der Waals surface area contributed by atoms with Gasteiger partial charge in [0, 0.05) is 32.6 Å². The average molecular weight is 475 g/mol. The van der Waals surface area contributed by atoms with Crippen molar-refractivity contribution in [3.8, 4) is 21.9 Å². The number of halogens is 1. The van der Waals surface area contributed by atoms with E-state index in [4.69, 9.17) is 4.74 Å². The predicted molar refractivity (Wildman–Crippen MR) is 135 cm³/mol. The molecule has 1 aromatic heterocycles. The summed E-state index contributed by atoms with van der Waals surface area (Å²) in [6, 6.07) is 18.4. The van der Waals surface area contributed by atoms with E-state index in [1.165, 1.54) is 42.7 Å². The Hall–Kier alpha value is -3.22. The summed E-state index contributed by atoms with van der Waals surface area (Å²) in [7, 11) is 0. The molecule has 0 atom stereocenters. The molecule has 1 saturated heterocycles. The Bertz CT molecular complexity index is 1290. The van der Waals surface area contributed by atoms with E-state index in [9.17, 15) is 14.3 Å². The van der Waals surface area contributed by atoms with Crippen molar-refractivity contribution in [1.82, 2.24) is 4.90 Å². The third-order valence-corrected chi connectivity index (χ3v) is 7.45. The Morgan fingerprint density at radius 2 is 1.71 bits per heavy atom. The summed E-state index contributed by atoms with van der Waals surface area (Å²) in [4.78, 5) is 16.8. The monoisotopic (exact) mass is 474 g/mol. The lowest BCUT2D eigenvalue weighted by molar-refractivity contribution is 0.104. The molecule has 0 radical (unpaired) electrons. The van der Waals surface area contributed by atoms with Gasteiger partial charge in [-0.25, -0.2) is 4.39 Å². The summed E-state index contributed by atoms with van der Waals surface area (Å²) in [5.74, 6) is 0.432. The summed E-state index contributed by atoms with van der Waals surface area (Å²) >= 11 is 1.38. The highest BCUT2D eigenvalue weighted by Crippen LogP contribution is 2.40. The SMILES string of the molecule is O=C(c1ccc(OCCN2CCCCC2)cc1)c1c(-c2ccc(O)cc2)sc2cc([18F])ccc12. The van der Waals surface area contributed by atoms with E-state index in [1.807, 2.05) is 12.1 Å². The van der Waals surface area contributed by atoms with Crippen molar-refractivity contribution in [3.63, 3.8) is 0 Å².